The second-order valence-corrected chi connectivity index (χ2v) is 15.8. The van der Waals surface area contributed by atoms with Crippen molar-refractivity contribution in [2.75, 3.05) is 6.61 Å². The fourth-order valence-corrected chi connectivity index (χ4v) is 9.19. The minimum atomic E-state index is -2.19. The van der Waals surface area contributed by atoms with Gasteiger partial charge in [0.05, 0.1) is 23.5 Å². The Balaban J connectivity index is 1.71. The molecule has 1 aromatic carbocycles. The molecule has 4 fully saturated rings. The lowest BCUT2D eigenvalue weighted by Gasteiger charge is -2.67. The summed E-state index contributed by atoms with van der Waals surface area (Å²) in [7, 11) is 0. The van der Waals surface area contributed by atoms with E-state index >= 15 is 4.79 Å². The lowest BCUT2D eigenvalue weighted by Crippen LogP contribution is -2.83. The lowest BCUT2D eigenvalue weighted by molar-refractivity contribution is -0.346. The molecule has 10 atom stereocenters. The Hall–Kier alpha value is -4.50. The molecule has 2 heterocycles. The van der Waals surface area contributed by atoms with Crippen LogP contribution in [0.25, 0.3) is 0 Å². The van der Waals surface area contributed by atoms with Gasteiger partial charge in [-0.15, -0.1) is 0 Å². The number of Topliss-reactive ketones (excluding diaryl/α,β-unsaturated/α-hetero) is 1. The quantitative estimate of drug-likeness (QED) is 0.261. The number of rotatable bonds is 5. The number of hydrogen-bond donors (Lipinski definition) is 1. The maximum atomic E-state index is 15.6. The summed E-state index contributed by atoms with van der Waals surface area (Å²) in [5.74, 6) is -4.96. The fourth-order valence-electron chi connectivity index (χ4n) is 9.19. The number of carbonyl (C=O) groups is 6. The average molecular weight is 729 g/mol. The number of carbonyl (C=O) groups excluding carboxylic acids is 6. The summed E-state index contributed by atoms with van der Waals surface area (Å²) >= 11 is 0. The summed E-state index contributed by atoms with van der Waals surface area (Å²) in [5.41, 5.74) is -8.40. The minimum Gasteiger partial charge on any atom is -0.454 e. The third kappa shape index (κ3) is 5.37. The molecule has 0 radical (unpaired) electrons. The van der Waals surface area contributed by atoms with Crippen LogP contribution in [-0.4, -0.2) is 101 Å². The third-order valence-electron chi connectivity index (χ3n) is 11.3. The van der Waals surface area contributed by atoms with Gasteiger partial charge in [-0.1, -0.05) is 32.0 Å². The summed E-state index contributed by atoms with van der Waals surface area (Å²) in [6.45, 7) is 12.9. The highest BCUT2D eigenvalue weighted by atomic mass is 16.8. The van der Waals surface area contributed by atoms with Crippen molar-refractivity contribution in [3.05, 3.63) is 47.0 Å². The molecule has 15 nitrogen and oxygen atoms in total. The summed E-state index contributed by atoms with van der Waals surface area (Å²) in [6, 6.07) is 7.87. The van der Waals surface area contributed by atoms with Crippen molar-refractivity contribution < 1.29 is 71.8 Å². The van der Waals surface area contributed by atoms with Gasteiger partial charge in [-0.3, -0.25) is 14.4 Å². The van der Waals surface area contributed by atoms with Gasteiger partial charge in [-0.25, -0.2) is 14.4 Å². The number of fused-ring (bicyclic) bond motifs is 4. The lowest BCUT2D eigenvalue weighted by atomic mass is 9.44. The van der Waals surface area contributed by atoms with E-state index in [9.17, 15) is 29.1 Å². The largest absolute Gasteiger partial charge is 0.509 e. The van der Waals surface area contributed by atoms with Crippen molar-refractivity contribution in [3.63, 3.8) is 0 Å². The predicted octanol–water partition coefficient (Wildman–Crippen LogP) is 3.77. The standard InChI is InChI=1S/C37H44O15/c1-17-23-25(46-18(2)38)27(41)35(9)21(47-31(43)51-33(4,5)6)15-22-36(16-45-22,50-19(3)39)26(35)29(48-30(42)20-13-11-10-12-14-20)37(34(23,7)8)28(24(17)40)49-32(44)52-37/h10-14,21-22,24-26,28-29,40H,15-16H2,1-9H3/t21-,22+,24-,25+,26-,28-,29-,35+,36-,37+/m0/s1. The van der Waals surface area contributed by atoms with Gasteiger partial charge in [0.25, 0.3) is 0 Å². The van der Waals surface area contributed by atoms with Crippen LogP contribution >= 0.6 is 0 Å². The Morgan fingerprint density at radius 3 is 2.15 bits per heavy atom. The van der Waals surface area contributed by atoms with Crippen LogP contribution in [-0.2, 0) is 52.3 Å². The smallest absolute Gasteiger partial charge is 0.454 e. The van der Waals surface area contributed by atoms with Crippen LogP contribution in [0.3, 0.4) is 0 Å². The van der Waals surface area contributed by atoms with E-state index in [1.54, 1.807) is 52.8 Å². The maximum absolute atomic E-state index is 15.6. The van der Waals surface area contributed by atoms with Crippen LogP contribution < -0.4 is 0 Å². The number of aliphatic hydroxyl groups is 1. The molecule has 2 bridgehead atoms. The molecule has 0 aromatic heterocycles. The van der Waals surface area contributed by atoms with Crippen molar-refractivity contribution in [2.24, 2.45) is 16.7 Å². The van der Waals surface area contributed by atoms with Crippen molar-refractivity contribution in [1.82, 2.24) is 0 Å². The van der Waals surface area contributed by atoms with E-state index in [2.05, 4.69) is 0 Å². The first-order chi connectivity index (χ1) is 24.1. The van der Waals surface area contributed by atoms with Crippen LogP contribution in [0.15, 0.2) is 41.5 Å². The van der Waals surface area contributed by atoms with E-state index in [4.69, 9.17) is 37.9 Å². The Labute approximate surface area is 300 Å². The molecule has 1 N–H and O–H groups in total. The topological polar surface area (TPSA) is 196 Å². The van der Waals surface area contributed by atoms with Gasteiger partial charge in [0.2, 0.25) is 5.60 Å². The van der Waals surface area contributed by atoms with E-state index in [-0.39, 0.29) is 29.7 Å². The van der Waals surface area contributed by atoms with E-state index in [1.165, 1.54) is 26.0 Å². The maximum Gasteiger partial charge on any atom is 0.509 e. The molecule has 6 rings (SSSR count). The minimum absolute atomic E-state index is 0.0553. The molecule has 5 aliphatic rings. The first-order valence-corrected chi connectivity index (χ1v) is 17.1. The second-order valence-electron chi connectivity index (χ2n) is 15.8. The zero-order valence-electron chi connectivity index (χ0n) is 30.5. The van der Waals surface area contributed by atoms with Gasteiger partial charge in [-0.05, 0) is 57.9 Å². The normalized spacial score (nSPS) is 37.2. The molecule has 2 saturated carbocycles. The number of benzene rings is 1. The van der Waals surface area contributed by atoms with Crippen LogP contribution in [0.2, 0.25) is 0 Å². The molecule has 0 unspecified atom stereocenters. The number of ketones is 1. The molecule has 1 aromatic rings. The predicted molar refractivity (Wildman–Crippen MR) is 174 cm³/mol. The SMILES string of the molecule is CC(=O)O[C@H]1C(=O)[C@]2(C)[C@@H](OC(=O)OC(C)(C)C)C[C@H]3OC[C@@]3(OC(C)=O)[C@H]2[C@H](OC(=O)c2ccccc2)[C@]23OC(=O)O[C@H]2[C@@H](O)C(C)=C1C3(C)C. The molecular weight excluding hydrogens is 684 g/mol. The third-order valence-corrected chi connectivity index (χ3v) is 11.3. The van der Waals surface area contributed by atoms with E-state index in [0.29, 0.717) is 0 Å². The molecule has 15 heteroatoms. The summed E-state index contributed by atoms with van der Waals surface area (Å²) in [4.78, 5) is 82.5. The van der Waals surface area contributed by atoms with Gasteiger partial charge in [0, 0.05) is 25.7 Å². The van der Waals surface area contributed by atoms with Crippen molar-refractivity contribution in [1.29, 1.82) is 0 Å². The van der Waals surface area contributed by atoms with Crippen molar-refractivity contribution in [3.8, 4) is 0 Å². The number of ether oxygens (including phenoxy) is 8. The molecule has 52 heavy (non-hydrogen) atoms. The zero-order valence-corrected chi connectivity index (χ0v) is 30.5. The highest BCUT2D eigenvalue weighted by Gasteiger charge is 2.83. The molecule has 2 aliphatic heterocycles. The Kier molecular flexibility index (Phi) is 8.81. The highest BCUT2D eigenvalue weighted by Crippen LogP contribution is 2.67. The summed E-state index contributed by atoms with van der Waals surface area (Å²) in [5, 5.41) is 11.9. The van der Waals surface area contributed by atoms with Gasteiger partial charge < -0.3 is 43.0 Å². The molecule has 2 saturated heterocycles. The van der Waals surface area contributed by atoms with Crippen LogP contribution in [0.4, 0.5) is 9.59 Å². The Bertz CT molecular complexity index is 1740. The van der Waals surface area contributed by atoms with Gasteiger partial charge in [-0.2, -0.15) is 0 Å². The first kappa shape index (κ1) is 37.3. The Morgan fingerprint density at radius 1 is 0.942 bits per heavy atom. The highest BCUT2D eigenvalue weighted by molar-refractivity contribution is 5.96. The monoisotopic (exact) mass is 728 g/mol. The van der Waals surface area contributed by atoms with Crippen molar-refractivity contribution in [2.45, 2.75) is 122 Å². The molecule has 3 aliphatic carbocycles. The van der Waals surface area contributed by atoms with E-state index in [1.807, 2.05) is 0 Å². The van der Waals surface area contributed by atoms with Gasteiger partial charge in [0.1, 0.15) is 23.9 Å². The molecular formula is C37H44O15. The fraction of sp³-hybridized carbons (Fsp3) is 0.622. The van der Waals surface area contributed by atoms with Crippen LogP contribution in [0.5, 0.6) is 0 Å². The number of hydrogen-bond acceptors (Lipinski definition) is 15. The van der Waals surface area contributed by atoms with Crippen LogP contribution in [0, 0.1) is 16.7 Å². The summed E-state index contributed by atoms with van der Waals surface area (Å²) < 4.78 is 47.7. The van der Waals surface area contributed by atoms with Crippen molar-refractivity contribution >= 4 is 36.0 Å². The summed E-state index contributed by atoms with van der Waals surface area (Å²) in [6.07, 6.45) is -11.9. The Morgan fingerprint density at radius 2 is 1.60 bits per heavy atom. The number of aliphatic hydroxyl groups excluding tert-OH is 1. The van der Waals surface area contributed by atoms with E-state index in [0.717, 1.165) is 13.8 Å². The van der Waals surface area contributed by atoms with Gasteiger partial charge in [0.15, 0.2) is 29.7 Å². The second kappa shape index (κ2) is 12.3. The van der Waals surface area contributed by atoms with Crippen LogP contribution in [0.1, 0.15) is 79.1 Å². The average Bonchev–Trinajstić information content (AvgIpc) is 3.40. The molecule has 282 valence electrons. The van der Waals surface area contributed by atoms with E-state index < -0.39 is 106 Å². The molecule has 1 spiro atoms. The number of esters is 3. The zero-order chi connectivity index (χ0) is 38.3. The molecule has 0 amide bonds. The first-order valence-electron chi connectivity index (χ1n) is 17.1. The van der Waals surface area contributed by atoms with Gasteiger partial charge >= 0.3 is 30.2 Å².